The maximum atomic E-state index is 12.4. The highest BCUT2D eigenvalue weighted by Gasteiger charge is 2.25. The number of rotatable bonds is 5. The van der Waals surface area contributed by atoms with E-state index in [0.717, 1.165) is 0 Å². The topological polar surface area (TPSA) is 90.0 Å². The van der Waals surface area contributed by atoms with Gasteiger partial charge in [-0.2, -0.15) is 0 Å². The standard InChI is InChI=1S/C13H23N3O4/c1-10(2)16(7-3-4-12(18)19)13(20)15-8-5-11(17)14-6-9-15/h10H,3-9H2,1-2H3,(H,14,17)(H,18,19). The molecule has 0 spiro atoms. The van der Waals surface area contributed by atoms with Crippen molar-refractivity contribution in [2.75, 3.05) is 26.2 Å². The van der Waals surface area contributed by atoms with Crippen LogP contribution in [-0.4, -0.2) is 65.0 Å². The Hall–Kier alpha value is -1.79. The van der Waals surface area contributed by atoms with Crippen LogP contribution in [0.25, 0.3) is 0 Å². The normalized spacial score (nSPS) is 15.8. The van der Waals surface area contributed by atoms with Crippen molar-refractivity contribution in [1.29, 1.82) is 0 Å². The van der Waals surface area contributed by atoms with Gasteiger partial charge in [0.15, 0.2) is 0 Å². The van der Waals surface area contributed by atoms with Crippen LogP contribution in [0, 0.1) is 0 Å². The fourth-order valence-corrected chi connectivity index (χ4v) is 2.12. The Balaban J connectivity index is 2.58. The van der Waals surface area contributed by atoms with Gasteiger partial charge in [0.1, 0.15) is 0 Å². The first kappa shape index (κ1) is 16.3. The van der Waals surface area contributed by atoms with Crippen LogP contribution >= 0.6 is 0 Å². The van der Waals surface area contributed by atoms with Crippen molar-refractivity contribution < 1.29 is 19.5 Å². The number of carbonyl (C=O) groups excluding carboxylic acids is 2. The first-order valence-corrected chi connectivity index (χ1v) is 6.96. The van der Waals surface area contributed by atoms with Gasteiger partial charge < -0.3 is 20.2 Å². The largest absolute Gasteiger partial charge is 0.481 e. The average Bonchev–Trinajstić information content (AvgIpc) is 2.58. The minimum absolute atomic E-state index is 0.00297. The Bertz CT molecular complexity index is 371. The number of urea groups is 1. The smallest absolute Gasteiger partial charge is 0.320 e. The molecule has 7 heteroatoms. The molecule has 0 aliphatic carbocycles. The molecule has 0 aromatic rings. The molecule has 1 heterocycles. The molecule has 0 unspecified atom stereocenters. The monoisotopic (exact) mass is 285 g/mol. The van der Waals surface area contributed by atoms with Gasteiger partial charge in [-0.15, -0.1) is 0 Å². The predicted molar refractivity (Wildman–Crippen MR) is 73.3 cm³/mol. The van der Waals surface area contributed by atoms with Gasteiger partial charge in [0.05, 0.1) is 0 Å². The molecule has 2 N–H and O–H groups in total. The quantitative estimate of drug-likeness (QED) is 0.770. The molecule has 3 amide bonds. The summed E-state index contributed by atoms with van der Waals surface area (Å²) in [6, 6.07) is -0.120. The van der Waals surface area contributed by atoms with Gasteiger partial charge in [-0.05, 0) is 20.3 Å². The summed E-state index contributed by atoms with van der Waals surface area (Å²) in [5.74, 6) is -0.895. The van der Waals surface area contributed by atoms with Gasteiger partial charge in [-0.25, -0.2) is 4.79 Å². The van der Waals surface area contributed by atoms with E-state index in [1.807, 2.05) is 13.8 Å². The molecule has 0 bridgehead atoms. The first-order chi connectivity index (χ1) is 9.41. The SMILES string of the molecule is CC(C)N(CCCC(=O)O)C(=O)N1CCNC(=O)CC1. The van der Waals surface area contributed by atoms with Crippen LogP contribution in [0.2, 0.25) is 0 Å². The summed E-state index contributed by atoms with van der Waals surface area (Å²) >= 11 is 0. The molecule has 0 radical (unpaired) electrons. The van der Waals surface area contributed by atoms with Crippen LogP contribution in [-0.2, 0) is 9.59 Å². The first-order valence-electron chi connectivity index (χ1n) is 6.96. The van der Waals surface area contributed by atoms with Gasteiger partial charge in [0.2, 0.25) is 5.91 Å². The minimum Gasteiger partial charge on any atom is -0.481 e. The molecule has 114 valence electrons. The highest BCUT2D eigenvalue weighted by molar-refractivity contribution is 5.79. The number of amides is 3. The Morgan fingerprint density at radius 1 is 1.40 bits per heavy atom. The molecule has 1 saturated heterocycles. The van der Waals surface area contributed by atoms with Crippen molar-refractivity contribution in [2.45, 2.75) is 39.2 Å². The van der Waals surface area contributed by atoms with Crippen molar-refractivity contribution in [3.8, 4) is 0 Å². The van der Waals surface area contributed by atoms with Crippen LogP contribution < -0.4 is 5.32 Å². The molecule has 1 rings (SSSR count). The summed E-state index contributed by atoms with van der Waals surface area (Å²) in [6.07, 6.45) is 0.799. The van der Waals surface area contributed by atoms with E-state index in [1.54, 1.807) is 9.80 Å². The molecular weight excluding hydrogens is 262 g/mol. The lowest BCUT2D eigenvalue weighted by Crippen LogP contribution is -2.48. The molecule has 20 heavy (non-hydrogen) atoms. The Labute approximate surface area is 118 Å². The molecule has 0 aromatic heterocycles. The molecule has 1 fully saturated rings. The van der Waals surface area contributed by atoms with E-state index in [2.05, 4.69) is 5.32 Å². The molecule has 0 aromatic carbocycles. The Morgan fingerprint density at radius 3 is 2.70 bits per heavy atom. The second kappa shape index (κ2) is 7.72. The average molecular weight is 285 g/mol. The lowest BCUT2D eigenvalue weighted by atomic mass is 10.2. The zero-order valence-corrected chi connectivity index (χ0v) is 12.1. The number of hydrogen-bond acceptors (Lipinski definition) is 3. The summed E-state index contributed by atoms with van der Waals surface area (Å²) in [5.41, 5.74) is 0. The predicted octanol–water partition coefficient (Wildman–Crippen LogP) is 0.504. The lowest BCUT2D eigenvalue weighted by molar-refractivity contribution is -0.137. The van der Waals surface area contributed by atoms with E-state index in [9.17, 15) is 14.4 Å². The fourth-order valence-electron chi connectivity index (χ4n) is 2.12. The number of aliphatic carboxylic acids is 1. The van der Waals surface area contributed by atoms with E-state index >= 15 is 0 Å². The van der Waals surface area contributed by atoms with Crippen LogP contribution in [0.5, 0.6) is 0 Å². The zero-order chi connectivity index (χ0) is 15.1. The van der Waals surface area contributed by atoms with Gasteiger partial charge in [-0.1, -0.05) is 0 Å². The van der Waals surface area contributed by atoms with Gasteiger partial charge in [0.25, 0.3) is 0 Å². The van der Waals surface area contributed by atoms with Gasteiger partial charge >= 0.3 is 12.0 Å². The van der Waals surface area contributed by atoms with Crippen molar-refractivity contribution in [2.24, 2.45) is 0 Å². The highest BCUT2D eigenvalue weighted by Crippen LogP contribution is 2.09. The summed E-state index contributed by atoms with van der Waals surface area (Å²) in [6.45, 7) is 5.59. The Morgan fingerprint density at radius 2 is 2.10 bits per heavy atom. The molecule has 0 saturated carbocycles. The molecule has 1 aliphatic heterocycles. The van der Waals surface area contributed by atoms with Crippen LogP contribution in [0.3, 0.4) is 0 Å². The summed E-state index contributed by atoms with van der Waals surface area (Å²) in [5, 5.41) is 11.4. The zero-order valence-electron chi connectivity index (χ0n) is 12.1. The number of carbonyl (C=O) groups is 3. The van der Waals surface area contributed by atoms with Crippen molar-refractivity contribution in [3.05, 3.63) is 0 Å². The van der Waals surface area contributed by atoms with Crippen molar-refractivity contribution in [3.63, 3.8) is 0 Å². The van der Waals surface area contributed by atoms with Gasteiger partial charge in [-0.3, -0.25) is 9.59 Å². The molecular formula is C13H23N3O4. The maximum absolute atomic E-state index is 12.4. The van der Waals surface area contributed by atoms with E-state index in [4.69, 9.17) is 5.11 Å². The van der Waals surface area contributed by atoms with E-state index in [-0.39, 0.29) is 24.4 Å². The fraction of sp³-hybridized carbons (Fsp3) is 0.769. The maximum Gasteiger partial charge on any atom is 0.320 e. The second-order valence-corrected chi connectivity index (χ2v) is 5.15. The van der Waals surface area contributed by atoms with E-state index in [0.29, 0.717) is 39.0 Å². The second-order valence-electron chi connectivity index (χ2n) is 5.15. The highest BCUT2D eigenvalue weighted by atomic mass is 16.4. The van der Waals surface area contributed by atoms with E-state index < -0.39 is 5.97 Å². The van der Waals surface area contributed by atoms with Crippen molar-refractivity contribution >= 4 is 17.9 Å². The van der Waals surface area contributed by atoms with Crippen LogP contribution in [0.1, 0.15) is 33.1 Å². The summed E-state index contributed by atoms with van der Waals surface area (Å²) in [7, 11) is 0. The van der Waals surface area contributed by atoms with Crippen LogP contribution in [0.4, 0.5) is 4.79 Å². The third kappa shape index (κ3) is 5.07. The summed E-state index contributed by atoms with van der Waals surface area (Å²) < 4.78 is 0. The van der Waals surface area contributed by atoms with E-state index in [1.165, 1.54) is 0 Å². The molecule has 0 atom stereocenters. The third-order valence-corrected chi connectivity index (χ3v) is 3.24. The third-order valence-electron chi connectivity index (χ3n) is 3.24. The Kier molecular flexibility index (Phi) is 6.27. The minimum atomic E-state index is -0.856. The number of carboxylic acid groups (broad SMARTS) is 1. The van der Waals surface area contributed by atoms with Gasteiger partial charge in [0, 0.05) is 45.1 Å². The van der Waals surface area contributed by atoms with Crippen LogP contribution in [0.15, 0.2) is 0 Å². The number of nitrogens with zero attached hydrogens (tertiary/aromatic N) is 2. The number of hydrogen-bond donors (Lipinski definition) is 2. The van der Waals surface area contributed by atoms with Crippen molar-refractivity contribution in [1.82, 2.24) is 15.1 Å². The summed E-state index contributed by atoms with van der Waals surface area (Å²) in [4.78, 5) is 37.6. The lowest BCUT2D eigenvalue weighted by Gasteiger charge is -2.32. The molecule has 7 nitrogen and oxygen atoms in total. The number of nitrogens with one attached hydrogen (secondary N) is 1. The number of carboxylic acids is 1. The molecule has 1 aliphatic rings.